The molecular weight excluding hydrogens is 264 g/mol. The number of rotatable bonds is 5. The lowest BCUT2D eigenvalue weighted by Crippen LogP contribution is -2.25. The van der Waals surface area contributed by atoms with Gasteiger partial charge < -0.3 is 10.1 Å². The molecule has 1 saturated carbocycles. The molecule has 0 bridgehead atoms. The van der Waals surface area contributed by atoms with Gasteiger partial charge in [0.1, 0.15) is 0 Å². The molecule has 0 aliphatic heterocycles. The lowest BCUT2D eigenvalue weighted by atomic mass is 10.0. The van der Waals surface area contributed by atoms with E-state index in [0.29, 0.717) is 6.61 Å². The molecule has 1 aliphatic carbocycles. The van der Waals surface area contributed by atoms with Crippen LogP contribution in [-0.2, 0) is 9.53 Å². The van der Waals surface area contributed by atoms with E-state index >= 15 is 0 Å². The van der Waals surface area contributed by atoms with E-state index in [-0.39, 0.29) is 11.3 Å². The molecule has 0 spiro atoms. The van der Waals surface area contributed by atoms with Gasteiger partial charge in [-0.2, -0.15) is 0 Å². The number of nitrogens with one attached hydrogen (secondary N) is 1. The number of pyridine rings is 1. The van der Waals surface area contributed by atoms with Gasteiger partial charge in [0.2, 0.25) is 5.91 Å². The average molecular weight is 284 g/mol. The fraction of sp³-hybridized carbons (Fsp3) is 0.412. The fourth-order valence-corrected chi connectivity index (χ4v) is 2.73. The zero-order valence-electron chi connectivity index (χ0n) is 12.5. The number of aromatic nitrogens is 1. The minimum absolute atomic E-state index is 0.0945. The summed E-state index contributed by atoms with van der Waals surface area (Å²) in [4.78, 5) is 17.0. The zero-order valence-corrected chi connectivity index (χ0v) is 12.5. The van der Waals surface area contributed by atoms with Crippen LogP contribution in [-0.4, -0.2) is 24.6 Å². The second-order valence-corrected chi connectivity index (χ2v) is 5.86. The third-order valence-electron chi connectivity index (χ3n) is 4.22. The van der Waals surface area contributed by atoms with Crippen LogP contribution in [0.15, 0.2) is 30.5 Å². The molecule has 0 radical (unpaired) electrons. The molecule has 1 aromatic heterocycles. The summed E-state index contributed by atoms with van der Waals surface area (Å²) in [5.74, 6) is 0.0945. The number of amides is 1. The van der Waals surface area contributed by atoms with Crippen LogP contribution in [0.25, 0.3) is 10.9 Å². The Morgan fingerprint density at radius 3 is 2.95 bits per heavy atom. The Morgan fingerprint density at radius 2 is 2.24 bits per heavy atom. The van der Waals surface area contributed by atoms with Crippen molar-refractivity contribution in [2.75, 3.05) is 19.0 Å². The van der Waals surface area contributed by atoms with Crippen LogP contribution in [0.1, 0.15) is 24.8 Å². The van der Waals surface area contributed by atoms with E-state index in [1.165, 1.54) is 0 Å². The number of benzene rings is 1. The first-order valence-electron chi connectivity index (χ1n) is 7.30. The lowest BCUT2D eigenvalue weighted by Gasteiger charge is -2.16. The largest absolute Gasteiger partial charge is 0.385 e. The molecule has 2 aromatic rings. The Bertz CT molecular complexity index is 678. The number of methoxy groups -OCH3 is 1. The van der Waals surface area contributed by atoms with Gasteiger partial charge in [0, 0.05) is 25.3 Å². The van der Waals surface area contributed by atoms with Crippen molar-refractivity contribution < 1.29 is 9.53 Å². The summed E-state index contributed by atoms with van der Waals surface area (Å²) in [6.07, 6.45) is 4.43. The van der Waals surface area contributed by atoms with Gasteiger partial charge >= 0.3 is 0 Å². The Balaban J connectivity index is 1.86. The minimum Gasteiger partial charge on any atom is -0.385 e. The Kier molecular flexibility index (Phi) is 3.64. The SMILES string of the molecule is COCCC1(C(=O)Nc2cc(C)cc3cccnc23)CC1. The van der Waals surface area contributed by atoms with E-state index in [1.54, 1.807) is 13.3 Å². The molecule has 1 amide bonds. The summed E-state index contributed by atoms with van der Waals surface area (Å²) < 4.78 is 5.12. The molecule has 0 saturated heterocycles. The molecule has 21 heavy (non-hydrogen) atoms. The van der Waals surface area contributed by atoms with Crippen molar-refractivity contribution in [3.63, 3.8) is 0 Å². The standard InChI is InChI=1S/C17H20N2O2/c1-12-10-13-4-3-8-18-15(13)14(11-12)19-16(20)17(5-6-17)7-9-21-2/h3-4,8,10-11H,5-7,9H2,1-2H3,(H,19,20). The molecule has 1 N–H and O–H groups in total. The van der Waals surface area contributed by atoms with Crippen molar-refractivity contribution >= 4 is 22.5 Å². The molecule has 3 rings (SSSR count). The maximum absolute atomic E-state index is 12.6. The molecule has 0 unspecified atom stereocenters. The van der Waals surface area contributed by atoms with Crippen LogP contribution >= 0.6 is 0 Å². The number of carbonyl (C=O) groups is 1. The number of aryl methyl sites for hydroxylation is 1. The van der Waals surface area contributed by atoms with Crippen LogP contribution in [0.3, 0.4) is 0 Å². The first-order valence-corrected chi connectivity index (χ1v) is 7.30. The molecule has 0 atom stereocenters. The van der Waals surface area contributed by atoms with Crippen molar-refractivity contribution in [1.82, 2.24) is 4.98 Å². The molecule has 1 fully saturated rings. The zero-order chi connectivity index (χ0) is 14.9. The van der Waals surface area contributed by atoms with E-state index in [4.69, 9.17) is 4.74 Å². The van der Waals surface area contributed by atoms with Crippen molar-refractivity contribution in [3.05, 3.63) is 36.0 Å². The highest BCUT2D eigenvalue weighted by atomic mass is 16.5. The predicted molar refractivity (Wildman–Crippen MR) is 83.3 cm³/mol. The van der Waals surface area contributed by atoms with Gasteiger partial charge in [-0.05, 0) is 49.9 Å². The van der Waals surface area contributed by atoms with Crippen LogP contribution in [0.4, 0.5) is 5.69 Å². The normalized spacial score (nSPS) is 15.9. The molecule has 1 aliphatic rings. The van der Waals surface area contributed by atoms with Gasteiger partial charge in [-0.1, -0.05) is 6.07 Å². The Labute approximate surface area is 124 Å². The van der Waals surface area contributed by atoms with Gasteiger partial charge in [-0.15, -0.1) is 0 Å². The molecule has 4 nitrogen and oxygen atoms in total. The maximum atomic E-state index is 12.6. The van der Waals surface area contributed by atoms with E-state index in [2.05, 4.69) is 16.4 Å². The maximum Gasteiger partial charge on any atom is 0.230 e. The fourth-order valence-electron chi connectivity index (χ4n) is 2.73. The molecule has 4 heteroatoms. The van der Waals surface area contributed by atoms with Crippen molar-refractivity contribution in [1.29, 1.82) is 0 Å². The highest BCUT2D eigenvalue weighted by Crippen LogP contribution is 2.49. The summed E-state index contributed by atoms with van der Waals surface area (Å²) >= 11 is 0. The summed E-state index contributed by atoms with van der Waals surface area (Å²) in [7, 11) is 1.67. The van der Waals surface area contributed by atoms with Gasteiger partial charge in [-0.3, -0.25) is 9.78 Å². The summed E-state index contributed by atoms with van der Waals surface area (Å²) in [6, 6.07) is 7.99. The van der Waals surface area contributed by atoms with Crippen LogP contribution in [0.5, 0.6) is 0 Å². The molecule has 110 valence electrons. The number of nitrogens with zero attached hydrogens (tertiary/aromatic N) is 1. The van der Waals surface area contributed by atoms with Crippen molar-refractivity contribution in [2.45, 2.75) is 26.2 Å². The average Bonchev–Trinajstić information content (AvgIpc) is 3.26. The van der Waals surface area contributed by atoms with E-state index in [1.807, 2.05) is 25.1 Å². The van der Waals surface area contributed by atoms with Gasteiger partial charge in [0.05, 0.1) is 16.6 Å². The second-order valence-electron chi connectivity index (χ2n) is 5.86. The third kappa shape index (κ3) is 2.76. The smallest absolute Gasteiger partial charge is 0.230 e. The lowest BCUT2D eigenvalue weighted by molar-refractivity contribution is -0.121. The van der Waals surface area contributed by atoms with E-state index in [9.17, 15) is 4.79 Å². The highest BCUT2D eigenvalue weighted by Gasteiger charge is 2.49. The molecule has 1 heterocycles. The number of anilines is 1. The van der Waals surface area contributed by atoms with Gasteiger partial charge in [0.15, 0.2) is 0 Å². The summed E-state index contributed by atoms with van der Waals surface area (Å²) in [6.45, 7) is 2.65. The first-order chi connectivity index (χ1) is 10.1. The quantitative estimate of drug-likeness (QED) is 0.916. The Hall–Kier alpha value is -1.94. The number of hydrogen-bond acceptors (Lipinski definition) is 3. The Morgan fingerprint density at radius 1 is 1.43 bits per heavy atom. The van der Waals surface area contributed by atoms with Gasteiger partial charge in [0.25, 0.3) is 0 Å². The van der Waals surface area contributed by atoms with Crippen molar-refractivity contribution in [2.24, 2.45) is 5.41 Å². The topological polar surface area (TPSA) is 51.2 Å². The number of ether oxygens (including phenoxy) is 1. The van der Waals surface area contributed by atoms with Crippen LogP contribution in [0, 0.1) is 12.3 Å². The summed E-state index contributed by atoms with van der Waals surface area (Å²) in [5.41, 5.74) is 2.53. The summed E-state index contributed by atoms with van der Waals surface area (Å²) in [5, 5.41) is 4.13. The van der Waals surface area contributed by atoms with Gasteiger partial charge in [-0.25, -0.2) is 0 Å². The molecule has 1 aromatic carbocycles. The van der Waals surface area contributed by atoms with Crippen molar-refractivity contribution in [3.8, 4) is 0 Å². The molecular formula is C17H20N2O2. The highest BCUT2D eigenvalue weighted by molar-refractivity contribution is 6.03. The second kappa shape index (κ2) is 5.45. The minimum atomic E-state index is -0.235. The van der Waals surface area contributed by atoms with E-state index in [0.717, 1.165) is 41.4 Å². The monoisotopic (exact) mass is 284 g/mol. The van der Waals surface area contributed by atoms with E-state index < -0.39 is 0 Å². The first kappa shape index (κ1) is 14.0. The number of hydrogen-bond donors (Lipinski definition) is 1. The predicted octanol–water partition coefficient (Wildman–Crippen LogP) is 3.30. The van der Waals surface area contributed by atoms with Crippen LogP contribution in [0.2, 0.25) is 0 Å². The number of fused-ring (bicyclic) bond motifs is 1. The number of carbonyl (C=O) groups excluding carboxylic acids is 1. The van der Waals surface area contributed by atoms with Crippen LogP contribution < -0.4 is 5.32 Å². The third-order valence-corrected chi connectivity index (χ3v) is 4.22.